The van der Waals surface area contributed by atoms with Crippen LogP contribution < -0.4 is 5.56 Å². The van der Waals surface area contributed by atoms with E-state index in [1.54, 1.807) is 29.4 Å². The van der Waals surface area contributed by atoms with Gasteiger partial charge in [-0.1, -0.05) is 13.8 Å². The van der Waals surface area contributed by atoms with Crippen LogP contribution in [0.25, 0.3) is 0 Å². The quantitative estimate of drug-likeness (QED) is 0.833. The highest BCUT2D eigenvalue weighted by Gasteiger charge is 2.34. The van der Waals surface area contributed by atoms with Crippen LogP contribution in [0.15, 0.2) is 29.3 Å². The predicted molar refractivity (Wildman–Crippen MR) is 111 cm³/mol. The number of hydrogen-bond acceptors (Lipinski definition) is 5. The number of nitrogens with one attached hydrogen (secondary N) is 1. The summed E-state index contributed by atoms with van der Waals surface area (Å²) in [6.45, 7) is 5.38. The van der Waals surface area contributed by atoms with Crippen molar-refractivity contribution in [2.24, 2.45) is 5.92 Å². The minimum Gasteiger partial charge on any atom is -0.332 e. The Hall–Kier alpha value is -3.03. The maximum absolute atomic E-state index is 12.8. The molecule has 2 amide bonds. The van der Waals surface area contributed by atoms with E-state index >= 15 is 0 Å². The number of carbonyl (C=O) groups excluding carboxylic acids is 2. The van der Waals surface area contributed by atoms with Gasteiger partial charge in [-0.3, -0.25) is 19.4 Å². The lowest BCUT2D eigenvalue weighted by atomic mass is 10.0. The molecule has 0 saturated carbocycles. The zero-order valence-corrected chi connectivity index (χ0v) is 17.4. The van der Waals surface area contributed by atoms with Crippen molar-refractivity contribution < 1.29 is 9.59 Å². The standard InChI is InChI=1S/C22H27N5O3/c1-3-14(2)21(29)27-11-4-5-18(27)19-24-17-13-26(12-8-16(17)20(28)25-19)22(30)15-6-9-23-10-7-15/h6-7,9-10,14,18H,3-5,8,11-13H2,1-2H3,(H,24,25,28)/t14-,18-/m0/s1. The zero-order valence-electron chi connectivity index (χ0n) is 17.4. The summed E-state index contributed by atoms with van der Waals surface area (Å²) < 4.78 is 0. The van der Waals surface area contributed by atoms with Crippen LogP contribution in [0.2, 0.25) is 0 Å². The number of carbonyl (C=O) groups is 2. The number of H-pyrrole nitrogens is 1. The van der Waals surface area contributed by atoms with Gasteiger partial charge in [-0.2, -0.15) is 0 Å². The van der Waals surface area contributed by atoms with E-state index in [1.165, 1.54) is 0 Å². The van der Waals surface area contributed by atoms with Gasteiger partial charge >= 0.3 is 0 Å². The molecule has 158 valence electrons. The highest BCUT2D eigenvalue weighted by Crippen LogP contribution is 2.32. The minimum absolute atomic E-state index is 0.0524. The number of amides is 2. The van der Waals surface area contributed by atoms with Gasteiger partial charge in [0.25, 0.3) is 11.5 Å². The van der Waals surface area contributed by atoms with E-state index < -0.39 is 0 Å². The monoisotopic (exact) mass is 409 g/mol. The summed E-state index contributed by atoms with van der Waals surface area (Å²) in [4.78, 5) is 53.5. The van der Waals surface area contributed by atoms with Gasteiger partial charge in [0, 0.05) is 42.5 Å². The van der Waals surface area contributed by atoms with Crippen LogP contribution in [0.3, 0.4) is 0 Å². The Morgan fingerprint density at radius 3 is 2.77 bits per heavy atom. The average molecular weight is 409 g/mol. The SMILES string of the molecule is CC[C@H](C)C(=O)N1CCC[C@H]1c1nc2c(c(=O)[nH]1)CCN(C(=O)c1ccncc1)C2. The van der Waals surface area contributed by atoms with Crippen molar-refractivity contribution in [1.82, 2.24) is 24.8 Å². The molecule has 4 rings (SSSR count). The maximum Gasteiger partial charge on any atom is 0.254 e. The Morgan fingerprint density at radius 2 is 2.03 bits per heavy atom. The van der Waals surface area contributed by atoms with Crippen molar-refractivity contribution in [3.8, 4) is 0 Å². The van der Waals surface area contributed by atoms with Gasteiger partial charge in [0.2, 0.25) is 5.91 Å². The molecule has 0 unspecified atom stereocenters. The van der Waals surface area contributed by atoms with Crippen molar-refractivity contribution in [2.45, 2.75) is 52.1 Å². The number of fused-ring (bicyclic) bond motifs is 1. The second-order valence-corrected chi connectivity index (χ2v) is 8.09. The summed E-state index contributed by atoms with van der Waals surface area (Å²) >= 11 is 0. The Labute approximate surface area is 175 Å². The molecule has 2 atom stereocenters. The smallest absolute Gasteiger partial charge is 0.254 e. The molecular weight excluding hydrogens is 382 g/mol. The fraction of sp³-hybridized carbons (Fsp3) is 0.500. The fourth-order valence-corrected chi connectivity index (χ4v) is 4.24. The first-order valence-corrected chi connectivity index (χ1v) is 10.6. The topological polar surface area (TPSA) is 99.3 Å². The Kier molecular flexibility index (Phi) is 5.65. The van der Waals surface area contributed by atoms with Crippen LogP contribution in [0.1, 0.15) is 66.6 Å². The zero-order chi connectivity index (χ0) is 21.3. The van der Waals surface area contributed by atoms with Gasteiger partial charge in [-0.05, 0) is 37.8 Å². The van der Waals surface area contributed by atoms with Crippen molar-refractivity contribution >= 4 is 11.8 Å². The molecule has 0 aliphatic carbocycles. The van der Waals surface area contributed by atoms with E-state index in [-0.39, 0.29) is 29.3 Å². The molecule has 8 heteroatoms. The van der Waals surface area contributed by atoms with Crippen LogP contribution in [-0.2, 0) is 17.8 Å². The lowest BCUT2D eigenvalue weighted by Gasteiger charge is -2.30. The van der Waals surface area contributed by atoms with Crippen LogP contribution in [0, 0.1) is 5.92 Å². The Bertz CT molecular complexity index is 1000. The molecular formula is C22H27N5O3. The van der Waals surface area contributed by atoms with Crippen LogP contribution >= 0.6 is 0 Å². The summed E-state index contributed by atoms with van der Waals surface area (Å²) in [6, 6.07) is 3.16. The summed E-state index contributed by atoms with van der Waals surface area (Å²) in [6.07, 6.45) is 6.10. The number of rotatable bonds is 4. The second-order valence-electron chi connectivity index (χ2n) is 8.09. The number of hydrogen-bond donors (Lipinski definition) is 1. The normalized spacial score (nSPS) is 19.5. The molecule has 0 spiro atoms. The summed E-state index contributed by atoms with van der Waals surface area (Å²) in [7, 11) is 0. The number of aromatic amines is 1. The third-order valence-electron chi connectivity index (χ3n) is 6.19. The van der Waals surface area contributed by atoms with Crippen LogP contribution in [0.5, 0.6) is 0 Å². The highest BCUT2D eigenvalue weighted by molar-refractivity contribution is 5.94. The Balaban J connectivity index is 1.60. The lowest BCUT2D eigenvalue weighted by molar-refractivity contribution is -0.136. The first kappa shape index (κ1) is 20.3. The number of pyridine rings is 1. The third kappa shape index (κ3) is 3.74. The average Bonchev–Trinajstić information content (AvgIpc) is 3.27. The molecule has 0 bridgehead atoms. The molecule has 2 aromatic rings. The van der Waals surface area contributed by atoms with Gasteiger partial charge in [-0.15, -0.1) is 0 Å². The van der Waals surface area contributed by atoms with Crippen LogP contribution in [-0.4, -0.2) is 49.7 Å². The second kappa shape index (κ2) is 8.38. The van der Waals surface area contributed by atoms with E-state index in [2.05, 4.69) is 9.97 Å². The van der Waals surface area contributed by atoms with Gasteiger partial charge in [0.1, 0.15) is 5.82 Å². The summed E-state index contributed by atoms with van der Waals surface area (Å²) in [5, 5.41) is 0. The molecule has 0 aromatic carbocycles. The predicted octanol–water partition coefficient (Wildman–Crippen LogP) is 2.07. The van der Waals surface area contributed by atoms with E-state index in [1.807, 2.05) is 18.7 Å². The molecule has 8 nitrogen and oxygen atoms in total. The van der Waals surface area contributed by atoms with Gasteiger partial charge in [-0.25, -0.2) is 4.98 Å². The third-order valence-corrected chi connectivity index (χ3v) is 6.19. The molecule has 30 heavy (non-hydrogen) atoms. The van der Waals surface area contributed by atoms with E-state index in [4.69, 9.17) is 4.98 Å². The maximum atomic E-state index is 12.8. The highest BCUT2D eigenvalue weighted by atomic mass is 16.2. The van der Waals surface area contributed by atoms with Crippen molar-refractivity contribution in [3.05, 3.63) is 57.5 Å². The molecule has 2 aliphatic rings. The van der Waals surface area contributed by atoms with Gasteiger partial charge in [0.05, 0.1) is 18.3 Å². The molecule has 2 aromatic heterocycles. The molecule has 4 heterocycles. The summed E-state index contributed by atoms with van der Waals surface area (Å²) in [5.74, 6) is 0.491. The minimum atomic E-state index is -0.212. The van der Waals surface area contributed by atoms with Crippen molar-refractivity contribution in [3.63, 3.8) is 0 Å². The van der Waals surface area contributed by atoms with Gasteiger partial charge < -0.3 is 14.8 Å². The first-order valence-electron chi connectivity index (χ1n) is 10.6. The van der Waals surface area contributed by atoms with Crippen molar-refractivity contribution in [2.75, 3.05) is 13.1 Å². The summed E-state index contributed by atoms with van der Waals surface area (Å²) in [5.41, 5.74) is 1.68. The van der Waals surface area contributed by atoms with E-state index in [9.17, 15) is 14.4 Å². The largest absolute Gasteiger partial charge is 0.332 e. The van der Waals surface area contributed by atoms with Crippen LogP contribution in [0.4, 0.5) is 0 Å². The fourth-order valence-electron chi connectivity index (χ4n) is 4.24. The molecule has 1 N–H and O–H groups in total. The molecule has 1 fully saturated rings. The molecule has 2 aliphatic heterocycles. The number of aromatic nitrogens is 3. The molecule has 1 saturated heterocycles. The van der Waals surface area contributed by atoms with E-state index in [0.29, 0.717) is 48.7 Å². The van der Waals surface area contributed by atoms with E-state index in [0.717, 1.165) is 19.3 Å². The van der Waals surface area contributed by atoms with Gasteiger partial charge in [0.15, 0.2) is 0 Å². The molecule has 0 radical (unpaired) electrons. The Morgan fingerprint density at radius 1 is 1.27 bits per heavy atom. The van der Waals surface area contributed by atoms with Crippen molar-refractivity contribution in [1.29, 1.82) is 0 Å². The first-order chi connectivity index (χ1) is 14.5. The lowest BCUT2D eigenvalue weighted by Crippen LogP contribution is -2.40. The number of likely N-dealkylation sites (tertiary alicyclic amines) is 1. The number of nitrogens with zero attached hydrogens (tertiary/aromatic N) is 4.